The molecule has 1 fully saturated rings. The Morgan fingerprint density at radius 3 is 2.47 bits per heavy atom. The summed E-state index contributed by atoms with van der Waals surface area (Å²) in [4.78, 5) is 8.07. The second-order valence-electron chi connectivity index (χ2n) is 10.9. The van der Waals surface area contributed by atoms with Gasteiger partial charge < -0.3 is 21.9 Å². The average molecular weight is 592 g/mol. The van der Waals surface area contributed by atoms with Crippen molar-refractivity contribution in [1.82, 2.24) is 19.7 Å². The normalized spacial score (nSPS) is 15.8. The maximum atomic E-state index is 15.0. The molecule has 3 aromatic heterocycles. The van der Waals surface area contributed by atoms with Crippen LogP contribution in [0.25, 0.3) is 16.5 Å². The average Bonchev–Trinajstić information content (AvgIpc) is 3.71. The summed E-state index contributed by atoms with van der Waals surface area (Å²) in [5.74, 6) is 0.0325. The molecule has 6 N–H and O–H groups in total. The molecule has 8 nitrogen and oxygen atoms in total. The molecule has 0 bridgehead atoms. The van der Waals surface area contributed by atoms with Crippen LogP contribution in [0, 0.1) is 11.7 Å². The van der Waals surface area contributed by atoms with Crippen molar-refractivity contribution < 1.29 is 22.7 Å². The van der Waals surface area contributed by atoms with E-state index in [4.69, 9.17) is 11.5 Å². The number of alkyl halides is 3. The quantitative estimate of drug-likeness (QED) is 0.121. The van der Waals surface area contributed by atoms with Crippen molar-refractivity contribution in [1.29, 1.82) is 0 Å². The molecular formula is C31H29F4N7O. The first-order valence-electron chi connectivity index (χ1n) is 13.8. The summed E-state index contributed by atoms with van der Waals surface area (Å²) < 4.78 is 58.0. The zero-order valence-corrected chi connectivity index (χ0v) is 22.9. The summed E-state index contributed by atoms with van der Waals surface area (Å²) in [5, 5.41) is 18.7. The number of nitrogens with two attached hydrogens (primary N) is 2. The highest BCUT2D eigenvalue weighted by atomic mass is 19.4. The third-order valence-electron chi connectivity index (χ3n) is 7.94. The third kappa shape index (κ3) is 5.75. The third-order valence-corrected chi connectivity index (χ3v) is 7.94. The van der Waals surface area contributed by atoms with Crippen LogP contribution >= 0.6 is 0 Å². The lowest BCUT2D eigenvalue weighted by molar-refractivity contribution is -0.142. The minimum Gasteiger partial charge on any atom is -0.383 e. The zero-order valence-electron chi connectivity index (χ0n) is 22.9. The minimum absolute atomic E-state index is 0.0621. The van der Waals surface area contributed by atoms with E-state index < -0.39 is 29.5 Å². The maximum absolute atomic E-state index is 15.0. The van der Waals surface area contributed by atoms with Crippen molar-refractivity contribution in [3.63, 3.8) is 0 Å². The standard InChI is InChI=1S/C31H29F4N7O/c32-24-6-4-21(30(37,11-7-18-1-2-18)20-9-12-38-13-10-20)15-25(24)40-29(43)26-17-27(31(33,34)35)42(41-26)22-5-3-19-8-14-39-28(36)23(19)16-22/h3-6,8-10,12-18,29,40,43H,1-2,7,11,37H2,(H2,36,39). The lowest BCUT2D eigenvalue weighted by Crippen LogP contribution is -2.38. The van der Waals surface area contributed by atoms with E-state index in [2.05, 4.69) is 20.4 Å². The molecule has 0 aliphatic heterocycles. The number of rotatable bonds is 9. The molecule has 0 radical (unpaired) electrons. The largest absolute Gasteiger partial charge is 0.433 e. The van der Waals surface area contributed by atoms with Crippen LogP contribution in [-0.4, -0.2) is 24.9 Å². The lowest BCUT2D eigenvalue weighted by atomic mass is 9.79. The van der Waals surface area contributed by atoms with E-state index >= 15 is 4.39 Å². The molecule has 0 saturated heterocycles. The summed E-state index contributed by atoms with van der Waals surface area (Å²) in [6.45, 7) is 0. The Balaban J connectivity index is 1.34. The van der Waals surface area contributed by atoms with Gasteiger partial charge in [-0.25, -0.2) is 14.1 Å². The van der Waals surface area contributed by atoms with Crippen molar-refractivity contribution in [3.05, 3.63) is 108 Å². The molecule has 3 heterocycles. The number of hydrogen-bond acceptors (Lipinski definition) is 7. The molecule has 0 amide bonds. The number of aliphatic hydroxyl groups is 1. The number of hydrogen-bond donors (Lipinski definition) is 4. The van der Waals surface area contributed by atoms with Gasteiger partial charge in [-0.15, -0.1) is 0 Å². The summed E-state index contributed by atoms with van der Waals surface area (Å²) >= 11 is 0. The van der Waals surface area contributed by atoms with E-state index in [9.17, 15) is 18.3 Å². The van der Waals surface area contributed by atoms with E-state index in [-0.39, 0.29) is 22.9 Å². The Bertz CT molecular complexity index is 1770. The molecule has 1 aliphatic rings. The maximum Gasteiger partial charge on any atom is 0.433 e. The van der Waals surface area contributed by atoms with Crippen LogP contribution in [0.15, 0.2) is 79.3 Å². The van der Waals surface area contributed by atoms with Crippen LogP contribution in [-0.2, 0) is 11.7 Å². The highest BCUT2D eigenvalue weighted by Crippen LogP contribution is 2.41. The van der Waals surface area contributed by atoms with Crippen molar-refractivity contribution in [2.45, 2.75) is 43.6 Å². The molecule has 2 atom stereocenters. The van der Waals surface area contributed by atoms with Crippen LogP contribution in [0.2, 0.25) is 0 Å². The molecular weight excluding hydrogens is 562 g/mol. The topological polar surface area (TPSA) is 128 Å². The van der Waals surface area contributed by atoms with Crippen molar-refractivity contribution >= 4 is 22.3 Å². The van der Waals surface area contributed by atoms with E-state index in [0.29, 0.717) is 33.4 Å². The molecule has 5 aromatic rings. The number of nitrogens with one attached hydrogen (secondary N) is 1. The first kappa shape index (κ1) is 28.6. The minimum atomic E-state index is -4.81. The smallest absolute Gasteiger partial charge is 0.383 e. The van der Waals surface area contributed by atoms with Gasteiger partial charge in [-0.1, -0.05) is 25.0 Å². The van der Waals surface area contributed by atoms with Gasteiger partial charge in [0.15, 0.2) is 6.23 Å². The summed E-state index contributed by atoms with van der Waals surface area (Å²) in [6.07, 6.45) is 1.95. The number of halogens is 4. The first-order chi connectivity index (χ1) is 20.5. The van der Waals surface area contributed by atoms with Gasteiger partial charge in [-0.05, 0) is 83.8 Å². The molecule has 6 rings (SSSR count). The van der Waals surface area contributed by atoms with Gasteiger partial charge in [0.1, 0.15) is 23.0 Å². The Kier molecular flexibility index (Phi) is 7.26. The molecule has 0 spiro atoms. The summed E-state index contributed by atoms with van der Waals surface area (Å²) in [6, 6.07) is 14.8. The highest BCUT2D eigenvalue weighted by molar-refractivity contribution is 5.92. The van der Waals surface area contributed by atoms with Gasteiger partial charge in [0, 0.05) is 24.0 Å². The number of anilines is 2. The number of nitrogen functional groups attached to an aromatic ring is 1. The molecule has 1 aliphatic carbocycles. The van der Waals surface area contributed by atoms with Gasteiger partial charge in [0.05, 0.1) is 16.9 Å². The highest BCUT2D eigenvalue weighted by Gasteiger charge is 2.38. The number of nitrogens with zero attached hydrogens (tertiary/aromatic N) is 4. The van der Waals surface area contributed by atoms with E-state index in [0.717, 1.165) is 30.9 Å². The van der Waals surface area contributed by atoms with Gasteiger partial charge in [-0.2, -0.15) is 18.3 Å². The number of pyridine rings is 2. The van der Waals surface area contributed by atoms with Crippen molar-refractivity contribution in [2.24, 2.45) is 11.7 Å². The number of benzene rings is 2. The van der Waals surface area contributed by atoms with Gasteiger partial charge in [0.25, 0.3) is 0 Å². The van der Waals surface area contributed by atoms with Crippen LogP contribution < -0.4 is 16.8 Å². The second-order valence-corrected chi connectivity index (χ2v) is 10.9. The van der Waals surface area contributed by atoms with Crippen LogP contribution in [0.4, 0.5) is 29.1 Å². The Hall–Kier alpha value is -4.55. The predicted octanol–water partition coefficient (Wildman–Crippen LogP) is 6.05. The molecule has 43 heavy (non-hydrogen) atoms. The molecule has 2 aromatic carbocycles. The van der Waals surface area contributed by atoms with Crippen LogP contribution in [0.3, 0.4) is 0 Å². The fraction of sp³-hybridized carbons (Fsp3) is 0.258. The van der Waals surface area contributed by atoms with Gasteiger partial charge >= 0.3 is 6.18 Å². The fourth-order valence-corrected chi connectivity index (χ4v) is 5.32. The van der Waals surface area contributed by atoms with Crippen molar-refractivity contribution in [2.75, 3.05) is 11.1 Å². The fourth-order valence-electron chi connectivity index (χ4n) is 5.32. The predicted molar refractivity (Wildman–Crippen MR) is 154 cm³/mol. The van der Waals surface area contributed by atoms with E-state index in [1.54, 1.807) is 42.7 Å². The zero-order chi connectivity index (χ0) is 30.4. The Labute approximate surface area is 244 Å². The summed E-state index contributed by atoms with van der Waals surface area (Å²) in [7, 11) is 0. The first-order valence-corrected chi connectivity index (χ1v) is 13.8. The number of fused-ring (bicyclic) bond motifs is 1. The van der Waals surface area contributed by atoms with E-state index in [1.807, 2.05) is 0 Å². The molecule has 222 valence electrons. The number of aromatic nitrogens is 4. The monoisotopic (exact) mass is 591 g/mol. The van der Waals surface area contributed by atoms with Crippen LogP contribution in [0.1, 0.15) is 54.4 Å². The Morgan fingerprint density at radius 2 is 1.74 bits per heavy atom. The van der Waals surface area contributed by atoms with Crippen molar-refractivity contribution in [3.8, 4) is 5.69 Å². The SMILES string of the molecule is Nc1nccc2ccc(-n3nc(C(O)Nc4cc(C(N)(CCC5CC5)c5ccncc5)ccc4F)cc3C(F)(F)F)cc12. The number of aliphatic hydroxyl groups excluding tert-OH is 1. The van der Waals surface area contributed by atoms with Gasteiger partial charge in [0.2, 0.25) is 0 Å². The van der Waals surface area contributed by atoms with Crippen LogP contribution in [0.5, 0.6) is 0 Å². The summed E-state index contributed by atoms with van der Waals surface area (Å²) in [5.41, 5.74) is 11.7. The van der Waals surface area contributed by atoms with Gasteiger partial charge in [-0.3, -0.25) is 4.98 Å². The Morgan fingerprint density at radius 1 is 0.977 bits per heavy atom. The molecule has 12 heteroatoms. The molecule has 2 unspecified atom stereocenters. The second kappa shape index (κ2) is 10.9. The van der Waals surface area contributed by atoms with E-state index in [1.165, 1.54) is 30.5 Å². The molecule has 1 saturated carbocycles. The lowest BCUT2D eigenvalue weighted by Gasteiger charge is -2.31.